The van der Waals surface area contributed by atoms with Crippen LogP contribution in [0.4, 0.5) is 5.95 Å². The molecule has 1 aromatic heterocycles. The number of ether oxygens (including phenoxy) is 2. The average Bonchev–Trinajstić information content (AvgIpc) is 3.45. The van der Waals surface area contributed by atoms with Crippen molar-refractivity contribution in [3.8, 4) is 11.5 Å². The van der Waals surface area contributed by atoms with E-state index in [1.165, 1.54) is 32.4 Å². The fourth-order valence-electron chi connectivity index (χ4n) is 4.68. The Morgan fingerprint density at radius 1 is 1.05 bits per heavy atom. The van der Waals surface area contributed by atoms with Crippen molar-refractivity contribution in [1.82, 2.24) is 9.97 Å². The maximum Gasteiger partial charge on any atom is 0.335 e. The Hall–Kier alpha value is -4.83. The highest BCUT2D eigenvalue weighted by Gasteiger charge is 2.48. The summed E-state index contributed by atoms with van der Waals surface area (Å²) in [5.41, 5.74) is 1.84. The van der Waals surface area contributed by atoms with Gasteiger partial charge in [-0.15, -0.1) is 0 Å². The quantitative estimate of drug-likeness (QED) is 0.176. The number of H-pyrrole nitrogens is 1. The molecule has 2 heterocycles. The molecule has 1 aliphatic heterocycles. The van der Waals surface area contributed by atoms with Gasteiger partial charge in [-0.05, 0) is 60.5 Å². The van der Waals surface area contributed by atoms with Gasteiger partial charge in [0, 0.05) is 0 Å². The number of carbonyl (C=O) groups excluding carboxylic acids is 2. The zero-order valence-corrected chi connectivity index (χ0v) is 21.7. The van der Waals surface area contributed by atoms with Crippen molar-refractivity contribution >= 4 is 52.0 Å². The Morgan fingerprint density at radius 2 is 1.82 bits per heavy atom. The normalized spacial score (nSPS) is 16.6. The monoisotopic (exact) mass is 547 g/mol. The highest BCUT2D eigenvalue weighted by atomic mass is 35.5. The number of nitrogens with one attached hydrogen (secondary N) is 1. The number of imidazole rings is 1. The number of aliphatic hydroxyl groups is 1. The van der Waals surface area contributed by atoms with Crippen LogP contribution < -0.4 is 14.4 Å². The number of methoxy groups -OCH3 is 2. The Balaban J connectivity index is 1.77. The Labute approximate surface area is 227 Å². The molecule has 5 rings (SSSR count). The minimum absolute atomic E-state index is 0.00394. The van der Waals surface area contributed by atoms with E-state index in [-0.39, 0.29) is 33.4 Å². The first-order valence-corrected chi connectivity index (χ1v) is 12.0. The molecular weight excluding hydrogens is 526 g/mol. The van der Waals surface area contributed by atoms with E-state index >= 15 is 0 Å². The molecule has 39 heavy (non-hydrogen) atoms. The number of Topliss-reactive ketones (excluding diaryl/α,β-unsaturated/α-hetero) is 1. The van der Waals surface area contributed by atoms with Crippen LogP contribution in [0.25, 0.3) is 16.8 Å². The summed E-state index contributed by atoms with van der Waals surface area (Å²) in [7, 11) is 2.86. The molecule has 0 radical (unpaired) electrons. The van der Waals surface area contributed by atoms with Crippen molar-refractivity contribution < 1.29 is 34.1 Å². The van der Waals surface area contributed by atoms with Gasteiger partial charge in [0.2, 0.25) is 5.95 Å². The summed E-state index contributed by atoms with van der Waals surface area (Å²) < 4.78 is 10.8. The summed E-state index contributed by atoms with van der Waals surface area (Å²) in [6.45, 7) is 1.76. The van der Waals surface area contributed by atoms with E-state index in [0.29, 0.717) is 27.9 Å². The topological polar surface area (TPSA) is 142 Å². The van der Waals surface area contributed by atoms with Gasteiger partial charge in [-0.1, -0.05) is 23.7 Å². The van der Waals surface area contributed by atoms with Crippen LogP contribution in [-0.2, 0) is 9.59 Å². The summed E-state index contributed by atoms with van der Waals surface area (Å²) in [5.74, 6) is -2.90. The lowest BCUT2D eigenvalue weighted by molar-refractivity contribution is -0.132. The van der Waals surface area contributed by atoms with Gasteiger partial charge in [0.25, 0.3) is 5.78 Å². The molecule has 3 N–H and O–H groups in total. The standard InChI is InChI=1S/C28H22ClN3O7/c1-13-9-17(25(39-3)18(29)10-13)23(33)21-22(14-5-4-6-16(11-14)38-2)32(26(35)24(21)34)28-30-19-8-7-15(27(36)37)12-20(19)31-28/h4-12,22,33H,1-3H3,(H,30,31)(H,36,37)/b23-21+. The maximum atomic E-state index is 13.5. The van der Waals surface area contributed by atoms with E-state index in [1.807, 2.05) is 0 Å². The molecule has 0 bridgehead atoms. The van der Waals surface area contributed by atoms with Crippen molar-refractivity contribution in [3.63, 3.8) is 0 Å². The molecule has 10 nitrogen and oxygen atoms in total. The molecule has 0 saturated carbocycles. The predicted molar refractivity (Wildman–Crippen MR) is 144 cm³/mol. The predicted octanol–water partition coefficient (Wildman–Crippen LogP) is 4.87. The summed E-state index contributed by atoms with van der Waals surface area (Å²) in [5, 5.41) is 21.1. The lowest BCUT2D eigenvalue weighted by Gasteiger charge is -2.23. The lowest BCUT2D eigenvalue weighted by atomic mass is 9.94. The van der Waals surface area contributed by atoms with Crippen LogP contribution in [0.2, 0.25) is 5.02 Å². The number of benzene rings is 3. The van der Waals surface area contributed by atoms with Crippen LogP contribution >= 0.6 is 11.6 Å². The molecule has 11 heteroatoms. The number of carbonyl (C=O) groups is 3. The van der Waals surface area contributed by atoms with E-state index < -0.39 is 29.5 Å². The number of aromatic carboxylic acids is 1. The number of hydrogen-bond donors (Lipinski definition) is 3. The molecule has 1 aliphatic rings. The molecule has 1 fully saturated rings. The highest BCUT2D eigenvalue weighted by molar-refractivity contribution is 6.51. The van der Waals surface area contributed by atoms with E-state index in [9.17, 15) is 24.6 Å². The van der Waals surface area contributed by atoms with Crippen LogP contribution in [0, 0.1) is 6.92 Å². The van der Waals surface area contributed by atoms with Crippen molar-refractivity contribution in [2.45, 2.75) is 13.0 Å². The van der Waals surface area contributed by atoms with Crippen molar-refractivity contribution in [3.05, 3.63) is 87.4 Å². The fraction of sp³-hybridized carbons (Fsp3) is 0.143. The average molecular weight is 548 g/mol. The molecule has 198 valence electrons. The third-order valence-electron chi connectivity index (χ3n) is 6.45. The first-order chi connectivity index (χ1) is 18.6. The summed E-state index contributed by atoms with van der Waals surface area (Å²) in [6.07, 6.45) is 0. The number of aromatic amines is 1. The number of aromatic nitrogens is 2. The molecule has 1 unspecified atom stereocenters. The number of amides is 1. The van der Waals surface area contributed by atoms with Gasteiger partial charge in [-0.25, -0.2) is 9.78 Å². The molecule has 4 aromatic rings. The second kappa shape index (κ2) is 9.80. The van der Waals surface area contributed by atoms with E-state index in [0.717, 1.165) is 4.90 Å². The molecule has 0 spiro atoms. The zero-order valence-electron chi connectivity index (χ0n) is 21.0. The lowest BCUT2D eigenvalue weighted by Crippen LogP contribution is -2.30. The zero-order chi connectivity index (χ0) is 28.0. The van der Waals surface area contributed by atoms with Crippen molar-refractivity contribution in [1.29, 1.82) is 0 Å². The number of halogens is 1. The molecule has 3 aromatic carbocycles. The first kappa shape index (κ1) is 25.8. The van der Waals surface area contributed by atoms with Gasteiger partial charge < -0.3 is 24.7 Å². The molecule has 1 saturated heterocycles. The van der Waals surface area contributed by atoms with E-state index in [2.05, 4.69) is 9.97 Å². The summed E-state index contributed by atoms with van der Waals surface area (Å²) >= 11 is 6.35. The number of anilines is 1. The molecule has 0 aliphatic carbocycles. The largest absolute Gasteiger partial charge is 0.507 e. The van der Waals surface area contributed by atoms with E-state index in [1.54, 1.807) is 43.3 Å². The number of fused-ring (bicyclic) bond motifs is 1. The minimum atomic E-state index is -1.13. The van der Waals surface area contributed by atoms with Crippen molar-refractivity contribution in [2.24, 2.45) is 0 Å². The molecule has 1 amide bonds. The Morgan fingerprint density at radius 3 is 2.51 bits per heavy atom. The maximum absolute atomic E-state index is 13.5. The van der Waals surface area contributed by atoms with Crippen LogP contribution in [0.1, 0.15) is 33.1 Å². The SMILES string of the molecule is COc1cccc(C2/C(=C(\O)c3cc(C)cc(Cl)c3OC)C(=O)C(=O)N2c2nc3ccc(C(=O)O)cc3[nH]2)c1. The second-order valence-corrected chi connectivity index (χ2v) is 9.28. The number of carboxylic acids is 1. The van der Waals surface area contributed by atoms with E-state index in [4.69, 9.17) is 21.1 Å². The van der Waals surface area contributed by atoms with Gasteiger partial charge in [0.15, 0.2) is 0 Å². The van der Waals surface area contributed by atoms with Crippen LogP contribution in [0.5, 0.6) is 11.5 Å². The molecular formula is C28H22ClN3O7. The van der Waals surface area contributed by atoms with Crippen LogP contribution in [0.15, 0.2) is 60.2 Å². The van der Waals surface area contributed by atoms with Gasteiger partial charge in [0.1, 0.15) is 17.3 Å². The van der Waals surface area contributed by atoms with Gasteiger partial charge in [-0.2, -0.15) is 0 Å². The fourth-order valence-corrected chi connectivity index (χ4v) is 5.03. The Bertz CT molecular complexity index is 1710. The molecule has 1 atom stereocenters. The van der Waals surface area contributed by atoms with Gasteiger partial charge in [-0.3, -0.25) is 14.5 Å². The first-order valence-electron chi connectivity index (χ1n) is 11.7. The van der Waals surface area contributed by atoms with Crippen LogP contribution in [0.3, 0.4) is 0 Å². The minimum Gasteiger partial charge on any atom is -0.507 e. The third kappa shape index (κ3) is 4.34. The van der Waals surface area contributed by atoms with Crippen LogP contribution in [-0.4, -0.2) is 52.1 Å². The second-order valence-electron chi connectivity index (χ2n) is 8.87. The number of hydrogen-bond acceptors (Lipinski definition) is 7. The number of carboxylic acid groups (broad SMARTS) is 1. The summed E-state index contributed by atoms with van der Waals surface area (Å²) in [4.78, 5) is 47.0. The Kier molecular flexibility index (Phi) is 6.49. The third-order valence-corrected chi connectivity index (χ3v) is 6.73. The number of aryl methyl sites for hydroxylation is 1. The number of ketones is 1. The van der Waals surface area contributed by atoms with Gasteiger partial charge >= 0.3 is 11.9 Å². The number of rotatable bonds is 6. The number of aliphatic hydroxyl groups excluding tert-OH is 1. The van der Waals surface area contributed by atoms with Gasteiger partial charge in [0.05, 0.1) is 53.0 Å². The smallest absolute Gasteiger partial charge is 0.335 e. The number of nitrogens with zero attached hydrogens (tertiary/aromatic N) is 2. The highest BCUT2D eigenvalue weighted by Crippen LogP contribution is 2.44. The van der Waals surface area contributed by atoms with Crippen molar-refractivity contribution in [2.75, 3.05) is 19.1 Å². The summed E-state index contributed by atoms with van der Waals surface area (Å²) in [6, 6.07) is 13.1.